The van der Waals surface area contributed by atoms with E-state index in [1.165, 1.54) is 12.1 Å². The molecule has 0 atom stereocenters. The molecule has 0 spiro atoms. The average Bonchev–Trinajstić information content (AvgIpc) is 2.78. The summed E-state index contributed by atoms with van der Waals surface area (Å²) in [4.78, 5) is 32.6. The number of pyridine rings is 2. The number of nitrogens with one attached hydrogen (secondary N) is 3. The molecule has 2 amide bonds. The van der Waals surface area contributed by atoms with Gasteiger partial charge in [-0.3, -0.25) is 4.79 Å². The molecule has 1 aromatic carbocycles. The summed E-state index contributed by atoms with van der Waals surface area (Å²) in [6.45, 7) is 3.33. The predicted octanol–water partition coefficient (Wildman–Crippen LogP) is 4.50. The van der Waals surface area contributed by atoms with E-state index < -0.39 is 17.9 Å². The molecule has 0 bridgehead atoms. The summed E-state index contributed by atoms with van der Waals surface area (Å²) in [7, 11) is 0. The number of halogens is 3. The number of nitrogens with zero attached hydrogens (tertiary/aromatic N) is 2. The van der Waals surface area contributed by atoms with E-state index in [1.807, 2.05) is 4.90 Å². The molecule has 0 radical (unpaired) electrons. The summed E-state index contributed by atoms with van der Waals surface area (Å²) in [5.74, 6) is 0.748. The highest BCUT2D eigenvalue weighted by Crippen LogP contribution is 2.32. The molecule has 0 aliphatic carbocycles. The molecule has 1 fully saturated rings. The van der Waals surface area contributed by atoms with Crippen LogP contribution in [0.3, 0.4) is 0 Å². The Hall–Kier alpha value is -3.56. The van der Waals surface area contributed by atoms with Crippen LogP contribution in [0.5, 0.6) is 0 Å². The van der Waals surface area contributed by atoms with Crippen LogP contribution < -0.4 is 21.1 Å². The van der Waals surface area contributed by atoms with E-state index in [0.717, 1.165) is 24.3 Å². The average molecular weight is 459 g/mol. The maximum Gasteiger partial charge on any atom is 0.433 e. The highest BCUT2D eigenvalue weighted by Gasteiger charge is 2.34. The Morgan fingerprint density at radius 2 is 1.91 bits per heavy atom. The molecule has 33 heavy (non-hydrogen) atoms. The molecule has 2 aromatic heterocycles. The highest BCUT2D eigenvalue weighted by atomic mass is 19.4. The largest absolute Gasteiger partial charge is 0.433 e. The van der Waals surface area contributed by atoms with Crippen molar-refractivity contribution in [2.75, 3.05) is 23.3 Å². The molecule has 1 aliphatic heterocycles. The van der Waals surface area contributed by atoms with Gasteiger partial charge in [0.1, 0.15) is 11.5 Å². The van der Waals surface area contributed by atoms with Gasteiger partial charge in [0.15, 0.2) is 0 Å². The van der Waals surface area contributed by atoms with Gasteiger partial charge in [0.25, 0.3) is 0 Å². The number of amides is 2. The summed E-state index contributed by atoms with van der Waals surface area (Å²) in [5, 5.41) is 6.12. The van der Waals surface area contributed by atoms with Gasteiger partial charge in [-0.15, -0.1) is 0 Å². The number of anilines is 2. The molecule has 7 nitrogen and oxygen atoms in total. The zero-order valence-corrected chi connectivity index (χ0v) is 18.0. The fraction of sp³-hybridized carbons (Fsp3) is 0.348. The minimum atomic E-state index is -4.55. The lowest BCUT2D eigenvalue weighted by Crippen LogP contribution is -2.35. The number of piperidine rings is 1. The summed E-state index contributed by atoms with van der Waals surface area (Å²) in [5.41, 5.74) is 0.148. The van der Waals surface area contributed by atoms with Crippen LogP contribution in [0.2, 0.25) is 0 Å². The molecule has 4 rings (SSSR count). The minimum Gasteiger partial charge on any atom is -0.356 e. The molecule has 174 valence electrons. The number of carbonyl (C=O) groups excluding carboxylic acids is 1. The molecule has 3 N–H and O–H groups in total. The Bertz CT molecular complexity index is 1220. The number of hydrogen-bond acceptors (Lipinski definition) is 4. The molecule has 1 aliphatic rings. The number of hydrogen-bond donors (Lipinski definition) is 3. The van der Waals surface area contributed by atoms with E-state index in [-0.39, 0.29) is 17.9 Å². The van der Waals surface area contributed by atoms with Crippen LogP contribution in [-0.2, 0) is 12.7 Å². The predicted molar refractivity (Wildman–Crippen MR) is 120 cm³/mol. The van der Waals surface area contributed by atoms with Gasteiger partial charge < -0.3 is 20.5 Å². The van der Waals surface area contributed by atoms with Crippen molar-refractivity contribution in [3.8, 4) is 0 Å². The zero-order chi connectivity index (χ0) is 23.6. The molecule has 3 aromatic rings. The van der Waals surface area contributed by atoms with Gasteiger partial charge in [-0.1, -0.05) is 25.1 Å². The summed E-state index contributed by atoms with van der Waals surface area (Å²) < 4.78 is 39.8. The summed E-state index contributed by atoms with van der Waals surface area (Å²) >= 11 is 0. The third-order valence-electron chi connectivity index (χ3n) is 5.78. The van der Waals surface area contributed by atoms with Crippen molar-refractivity contribution >= 4 is 28.4 Å². The normalized spacial score (nSPS) is 15.0. The van der Waals surface area contributed by atoms with Gasteiger partial charge in [0, 0.05) is 36.7 Å². The van der Waals surface area contributed by atoms with E-state index in [0.29, 0.717) is 35.8 Å². The number of para-hydroxylation sites is 1. The van der Waals surface area contributed by atoms with Gasteiger partial charge >= 0.3 is 12.2 Å². The van der Waals surface area contributed by atoms with Crippen molar-refractivity contribution in [3.63, 3.8) is 0 Å². The second-order valence-corrected chi connectivity index (χ2v) is 8.25. The van der Waals surface area contributed by atoms with Crippen molar-refractivity contribution in [1.29, 1.82) is 0 Å². The topological polar surface area (TPSA) is 90.1 Å². The SMILES string of the molecule is CC1CCN(c2nc(C(F)(F)F)ccc2CNC(=O)Nc2cccc3ccc(=O)[nH]c23)CC1. The molecule has 1 saturated heterocycles. The molecular formula is C23H24F3N5O2. The van der Waals surface area contributed by atoms with Crippen LogP contribution in [-0.4, -0.2) is 29.1 Å². The number of carbonyl (C=O) groups is 1. The molecule has 0 unspecified atom stereocenters. The van der Waals surface area contributed by atoms with Gasteiger partial charge in [0.05, 0.1) is 11.2 Å². The second kappa shape index (κ2) is 9.13. The standard InChI is InChI=1S/C23H24F3N5O2/c1-14-9-11-31(12-10-14)21-16(5-7-18(29-21)23(24,25)26)13-27-22(33)28-17-4-2-3-15-6-8-19(32)30-20(15)17/h2-8,14H,9-13H2,1H3,(H,30,32)(H2,27,28,33). The number of benzene rings is 1. The Morgan fingerprint density at radius 1 is 1.15 bits per heavy atom. The lowest BCUT2D eigenvalue weighted by atomic mass is 9.99. The number of aromatic amines is 1. The first-order chi connectivity index (χ1) is 15.7. The Balaban J connectivity index is 1.52. The van der Waals surface area contributed by atoms with E-state index in [9.17, 15) is 22.8 Å². The summed E-state index contributed by atoms with van der Waals surface area (Å²) in [6.07, 6.45) is -2.82. The number of alkyl halides is 3. The van der Waals surface area contributed by atoms with Crippen LogP contribution in [0.1, 0.15) is 31.0 Å². The maximum absolute atomic E-state index is 13.3. The monoisotopic (exact) mass is 459 g/mol. The van der Waals surface area contributed by atoms with E-state index in [2.05, 4.69) is 27.5 Å². The van der Waals surface area contributed by atoms with Crippen molar-refractivity contribution in [2.24, 2.45) is 5.92 Å². The second-order valence-electron chi connectivity index (χ2n) is 8.25. The Kier molecular flexibility index (Phi) is 6.26. The first-order valence-electron chi connectivity index (χ1n) is 10.7. The fourth-order valence-electron chi connectivity index (χ4n) is 3.89. The fourth-order valence-corrected chi connectivity index (χ4v) is 3.89. The smallest absolute Gasteiger partial charge is 0.356 e. The van der Waals surface area contributed by atoms with Crippen molar-refractivity contribution in [1.82, 2.24) is 15.3 Å². The number of aromatic nitrogens is 2. The van der Waals surface area contributed by atoms with E-state index in [1.54, 1.807) is 24.3 Å². The third kappa shape index (κ3) is 5.27. The van der Waals surface area contributed by atoms with Crippen LogP contribution in [0.25, 0.3) is 10.9 Å². The Labute approximate surface area is 188 Å². The van der Waals surface area contributed by atoms with Gasteiger partial charge in [-0.2, -0.15) is 13.2 Å². The van der Waals surface area contributed by atoms with Crippen LogP contribution >= 0.6 is 0 Å². The number of H-pyrrole nitrogens is 1. The number of urea groups is 1. The lowest BCUT2D eigenvalue weighted by molar-refractivity contribution is -0.141. The molecule has 0 saturated carbocycles. The molecular weight excluding hydrogens is 435 g/mol. The van der Waals surface area contributed by atoms with Gasteiger partial charge in [0.2, 0.25) is 5.56 Å². The van der Waals surface area contributed by atoms with Crippen LogP contribution in [0, 0.1) is 5.92 Å². The number of rotatable bonds is 4. The zero-order valence-electron chi connectivity index (χ0n) is 18.0. The first kappa shape index (κ1) is 22.6. The summed E-state index contributed by atoms with van der Waals surface area (Å²) in [6, 6.07) is 9.98. The minimum absolute atomic E-state index is 0.000354. The number of fused-ring (bicyclic) bond motifs is 1. The molecule has 10 heteroatoms. The Morgan fingerprint density at radius 3 is 2.64 bits per heavy atom. The van der Waals surface area contributed by atoms with E-state index >= 15 is 0 Å². The van der Waals surface area contributed by atoms with Crippen molar-refractivity contribution in [2.45, 2.75) is 32.5 Å². The lowest BCUT2D eigenvalue weighted by Gasteiger charge is -2.33. The van der Waals surface area contributed by atoms with Crippen molar-refractivity contribution in [3.05, 3.63) is 64.1 Å². The van der Waals surface area contributed by atoms with Crippen LogP contribution in [0.4, 0.5) is 29.5 Å². The quantitative estimate of drug-likeness (QED) is 0.536. The van der Waals surface area contributed by atoms with Crippen molar-refractivity contribution < 1.29 is 18.0 Å². The first-order valence-corrected chi connectivity index (χ1v) is 10.7. The third-order valence-corrected chi connectivity index (χ3v) is 5.78. The van der Waals surface area contributed by atoms with Gasteiger partial charge in [-0.05, 0) is 37.0 Å². The molecule has 3 heterocycles. The van der Waals surface area contributed by atoms with Crippen LogP contribution in [0.15, 0.2) is 47.3 Å². The van der Waals surface area contributed by atoms with Gasteiger partial charge in [-0.25, -0.2) is 9.78 Å². The highest BCUT2D eigenvalue weighted by molar-refractivity contribution is 5.99. The van der Waals surface area contributed by atoms with E-state index in [4.69, 9.17) is 0 Å². The maximum atomic E-state index is 13.3.